The van der Waals surface area contributed by atoms with E-state index in [0.29, 0.717) is 18.1 Å². The third kappa shape index (κ3) is 3.48. The van der Waals surface area contributed by atoms with E-state index >= 15 is 0 Å². The average molecular weight is 263 g/mol. The molecule has 0 radical (unpaired) electrons. The number of ether oxygens (including phenoxy) is 2. The quantitative estimate of drug-likeness (QED) is 0.864. The predicted molar refractivity (Wildman–Crippen MR) is 69.4 cm³/mol. The second kappa shape index (κ2) is 6.24. The van der Waals surface area contributed by atoms with Gasteiger partial charge in [0.15, 0.2) is 6.61 Å². The highest BCUT2D eigenvalue weighted by Gasteiger charge is 2.09. The van der Waals surface area contributed by atoms with Gasteiger partial charge in [-0.3, -0.25) is 0 Å². The Morgan fingerprint density at radius 2 is 2.11 bits per heavy atom. The first-order chi connectivity index (χ1) is 9.22. The molecule has 2 rings (SSSR count). The molecular weight excluding hydrogens is 246 g/mol. The van der Waals surface area contributed by atoms with E-state index in [1.807, 2.05) is 25.1 Å². The molecule has 5 nitrogen and oxygen atoms in total. The van der Waals surface area contributed by atoms with Crippen LogP contribution in [0.1, 0.15) is 17.3 Å². The Morgan fingerprint density at radius 3 is 2.84 bits per heavy atom. The molecule has 0 aliphatic carbocycles. The largest absolute Gasteiger partial charge is 0.497 e. The van der Waals surface area contributed by atoms with Crippen molar-refractivity contribution in [3.05, 3.63) is 41.6 Å². The number of aliphatic hydroxyl groups is 1. The molecule has 102 valence electrons. The van der Waals surface area contributed by atoms with Gasteiger partial charge in [-0.1, -0.05) is 6.07 Å². The number of hydrogen-bond donors (Lipinski definition) is 1. The maximum Gasteiger partial charge on any atom is 0.232 e. The van der Waals surface area contributed by atoms with Crippen LogP contribution in [0.2, 0.25) is 0 Å². The number of rotatable bonds is 6. The Morgan fingerprint density at radius 1 is 1.32 bits per heavy atom. The van der Waals surface area contributed by atoms with Crippen molar-refractivity contribution >= 4 is 0 Å². The molecule has 19 heavy (non-hydrogen) atoms. The molecule has 0 aliphatic heterocycles. The molecule has 5 heteroatoms. The van der Waals surface area contributed by atoms with Gasteiger partial charge in [0.2, 0.25) is 5.89 Å². The van der Waals surface area contributed by atoms with Crippen molar-refractivity contribution in [2.75, 3.05) is 13.7 Å². The standard InChI is InChI=1S/C14H17NO4/c1-10-13(6-7-16)15-14(19-10)9-18-12-5-3-4-11(8-12)17-2/h3-5,8,16H,6-7,9H2,1-2H3. The minimum Gasteiger partial charge on any atom is -0.497 e. The zero-order valence-corrected chi connectivity index (χ0v) is 11.0. The molecule has 1 aromatic carbocycles. The Hall–Kier alpha value is -2.01. The summed E-state index contributed by atoms with van der Waals surface area (Å²) >= 11 is 0. The smallest absolute Gasteiger partial charge is 0.232 e. The zero-order chi connectivity index (χ0) is 13.7. The van der Waals surface area contributed by atoms with Crippen molar-refractivity contribution in [2.45, 2.75) is 20.0 Å². The van der Waals surface area contributed by atoms with E-state index in [2.05, 4.69) is 4.98 Å². The van der Waals surface area contributed by atoms with E-state index in [1.54, 1.807) is 13.2 Å². The van der Waals surface area contributed by atoms with Gasteiger partial charge in [-0.2, -0.15) is 0 Å². The van der Waals surface area contributed by atoms with Crippen molar-refractivity contribution in [3.63, 3.8) is 0 Å². The van der Waals surface area contributed by atoms with Crippen molar-refractivity contribution < 1.29 is 19.0 Å². The monoisotopic (exact) mass is 263 g/mol. The van der Waals surface area contributed by atoms with Crippen LogP contribution in [0.5, 0.6) is 11.5 Å². The molecule has 1 aromatic heterocycles. The molecule has 0 atom stereocenters. The number of methoxy groups -OCH3 is 1. The first-order valence-corrected chi connectivity index (χ1v) is 6.06. The first kappa shape index (κ1) is 13.4. The SMILES string of the molecule is COc1cccc(OCc2nc(CCO)c(C)o2)c1. The lowest BCUT2D eigenvalue weighted by molar-refractivity contribution is 0.259. The van der Waals surface area contributed by atoms with Crippen LogP contribution in [-0.2, 0) is 13.0 Å². The summed E-state index contributed by atoms with van der Waals surface area (Å²) < 4.78 is 16.2. The van der Waals surface area contributed by atoms with Crippen LogP contribution in [0.15, 0.2) is 28.7 Å². The molecule has 0 bridgehead atoms. The number of aryl methyl sites for hydroxylation is 1. The van der Waals surface area contributed by atoms with E-state index in [4.69, 9.17) is 19.0 Å². The summed E-state index contributed by atoms with van der Waals surface area (Å²) in [5, 5.41) is 8.89. The molecule has 2 aromatic rings. The minimum atomic E-state index is 0.0591. The van der Waals surface area contributed by atoms with Gasteiger partial charge in [0.1, 0.15) is 17.3 Å². The van der Waals surface area contributed by atoms with Crippen LogP contribution in [0.25, 0.3) is 0 Å². The van der Waals surface area contributed by atoms with Gasteiger partial charge in [0.05, 0.1) is 12.8 Å². The number of aliphatic hydroxyl groups excluding tert-OH is 1. The molecule has 0 saturated carbocycles. The highest BCUT2D eigenvalue weighted by molar-refractivity contribution is 5.32. The van der Waals surface area contributed by atoms with Gasteiger partial charge in [0.25, 0.3) is 0 Å². The lowest BCUT2D eigenvalue weighted by Gasteiger charge is -2.05. The van der Waals surface area contributed by atoms with Crippen LogP contribution in [-0.4, -0.2) is 23.8 Å². The lowest BCUT2D eigenvalue weighted by Crippen LogP contribution is -1.97. The number of hydrogen-bond acceptors (Lipinski definition) is 5. The number of nitrogens with zero attached hydrogens (tertiary/aromatic N) is 1. The van der Waals surface area contributed by atoms with Crippen LogP contribution in [0, 0.1) is 6.92 Å². The van der Waals surface area contributed by atoms with Crippen LogP contribution in [0.3, 0.4) is 0 Å². The molecule has 0 spiro atoms. The summed E-state index contributed by atoms with van der Waals surface area (Å²) in [7, 11) is 1.61. The second-order valence-corrected chi connectivity index (χ2v) is 4.05. The van der Waals surface area contributed by atoms with Crippen molar-refractivity contribution in [3.8, 4) is 11.5 Å². The fourth-order valence-electron chi connectivity index (χ4n) is 1.72. The lowest BCUT2D eigenvalue weighted by atomic mass is 10.3. The minimum absolute atomic E-state index is 0.0591. The highest BCUT2D eigenvalue weighted by atomic mass is 16.5. The normalized spacial score (nSPS) is 10.5. The summed E-state index contributed by atoms with van der Waals surface area (Å²) in [6, 6.07) is 7.34. The topological polar surface area (TPSA) is 64.7 Å². The molecular formula is C14H17NO4. The Bertz CT molecular complexity index is 536. The maximum atomic E-state index is 8.89. The van der Waals surface area contributed by atoms with E-state index in [0.717, 1.165) is 17.2 Å². The molecule has 1 N–H and O–H groups in total. The van der Waals surface area contributed by atoms with Gasteiger partial charge in [-0.05, 0) is 19.1 Å². The number of oxazole rings is 1. The Labute approximate surface area is 111 Å². The number of benzene rings is 1. The molecule has 0 saturated heterocycles. The third-order valence-corrected chi connectivity index (χ3v) is 2.69. The molecule has 0 fully saturated rings. The van der Waals surface area contributed by atoms with E-state index in [1.165, 1.54) is 0 Å². The molecule has 0 unspecified atom stereocenters. The fourth-order valence-corrected chi connectivity index (χ4v) is 1.72. The maximum absolute atomic E-state index is 8.89. The molecule has 0 aliphatic rings. The van der Waals surface area contributed by atoms with Crippen molar-refractivity contribution in [1.82, 2.24) is 4.98 Å². The summed E-state index contributed by atoms with van der Waals surface area (Å²) in [4.78, 5) is 4.27. The van der Waals surface area contributed by atoms with E-state index in [9.17, 15) is 0 Å². The third-order valence-electron chi connectivity index (χ3n) is 2.69. The summed E-state index contributed by atoms with van der Waals surface area (Å²) in [6.07, 6.45) is 0.495. The average Bonchev–Trinajstić information content (AvgIpc) is 2.78. The first-order valence-electron chi connectivity index (χ1n) is 6.06. The highest BCUT2D eigenvalue weighted by Crippen LogP contribution is 2.20. The summed E-state index contributed by atoms with van der Waals surface area (Å²) in [5.74, 6) is 2.66. The van der Waals surface area contributed by atoms with Gasteiger partial charge in [0, 0.05) is 19.1 Å². The zero-order valence-electron chi connectivity index (χ0n) is 11.0. The summed E-state index contributed by atoms with van der Waals surface area (Å²) in [6.45, 7) is 2.13. The fraction of sp³-hybridized carbons (Fsp3) is 0.357. The van der Waals surface area contributed by atoms with E-state index in [-0.39, 0.29) is 13.2 Å². The van der Waals surface area contributed by atoms with Gasteiger partial charge in [-0.15, -0.1) is 0 Å². The molecule has 0 amide bonds. The Kier molecular flexibility index (Phi) is 4.41. The van der Waals surface area contributed by atoms with Crippen LogP contribution >= 0.6 is 0 Å². The van der Waals surface area contributed by atoms with Gasteiger partial charge >= 0.3 is 0 Å². The van der Waals surface area contributed by atoms with Crippen molar-refractivity contribution in [1.29, 1.82) is 0 Å². The second-order valence-electron chi connectivity index (χ2n) is 4.05. The predicted octanol–water partition coefficient (Wildman–Crippen LogP) is 2.11. The van der Waals surface area contributed by atoms with E-state index < -0.39 is 0 Å². The van der Waals surface area contributed by atoms with Crippen LogP contribution in [0.4, 0.5) is 0 Å². The Balaban J connectivity index is 1.99. The van der Waals surface area contributed by atoms with Crippen LogP contribution < -0.4 is 9.47 Å². The molecule has 1 heterocycles. The van der Waals surface area contributed by atoms with Crippen molar-refractivity contribution in [2.24, 2.45) is 0 Å². The van der Waals surface area contributed by atoms with Gasteiger partial charge in [-0.25, -0.2) is 4.98 Å². The summed E-state index contributed by atoms with van der Waals surface area (Å²) in [5.41, 5.74) is 0.770. The number of aromatic nitrogens is 1. The van der Waals surface area contributed by atoms with Gasteiger partial charge < -0.3 is 19.0 Å².